The van der Waals surface area contributed by atoms with E-state index in [9.17, 15) is 9.59 Å². The molecule has 0 aliphatic heterocycles. The first-order valence-corrected chi connectivity index (χ1v) is 7.01. The molecule has 0 fully saturated rings. The maximum Gasteiger partial charge on any atom is 0.349 e. The van der Waals surface area contributed by atoms with Gasteiger partial charge >= 0.3 is 5.97 Å². The van der Waals surface area contributed by atoms with Gasteiger partial charge < -0.3 is 10.1 Å². The Balaban J connectivity index is 2.04. The average molecular weight is 289 g/mol. The summed E-state index contributed by atoms with van der Waals surface area (Å²) in [7, 11) is 0. The molecule has 0 saturated carbocycles. The van der Waals surface area contributed by atoms with E-state index in [1.165, 1.54) is 11.3 Å². The Labute approximate surface area is 121 Å². The number of rotatable bonds is 5. The summed E-state index contributed by atoms with van der Waals surface area (Å²) >= 11 is 1.35. The number of thiophene rings is 1. The zero-order valence-corrected chi connectivity index (χ0v) is 11.9. The zero-order valence-electron chi connectivity index (χ0n) is 11.1. The van der Waals surface area contributed by atoms with E-state index in [0.29, 0.717) is 11.4 Å². The standard InChI is InChI=1S/C15H15NO3S/c1-3-8-16-14(17)10(2)19-15(18)13-9-11-6-4-5-7-12(11)20-13/h3-7,9-10H,1,8H2,2H3,(H,16,17)/t10-/m0/s1. The van der Waals surface area contributed by atoms with Crippen molar-refractivity contribution in [3.8, 4) is 0 Å². The number of fused-ring (bicyclic) bond motifs is 1. The normalized spacial score (nSPS) is 11.8. The minimum absolute atomic E-state index is 0.334. The van der Waals surface area contributed by atoms with Crippen LogP contribution in [-0.4, -0.2) is 24.5 Å². The van der Waals surface area contributed by atoms with Crippen LogP contribution in [0.3, 0.4) is 0 Å². The predicted molar refractivity (Wildman–Crippen MR) is 79.9 cm³/mol. The Hall–Kier alpha value is -2.14. The number of ether oxygens (including phenoxy) is 1. The lowest BCUT2D eigenvalue weighted by Gasteiger charge is -2.11. The molecule has 1 aromatic heterocycles. The second kappa shape index (κ2) is 6.34. The molecule has 0 spiro atoms. The lowest BCUT2D eigenvalue weighted by molar-refractivity contribution is -0.128. The number of hydrogen-bond acceptors (Lipinski definition) is 4. The van der Waals surface area contributed by atoms with Gasteiger partial charge in [-0.25, -0.2) is 4.79 Å². The van der Waals surface area contributed by atoms with Gasteiger partial charge in [0.25, 0.3) is 5.91 Å². The van der Waals surface area contributed by atoms with Crippen molar-refractivity contribution in [3.05, 3.63) is 47.9 Å². The van der Waals surface area contributed by atoms with E-state index in [2.05, 4.69) is 11.9 Å². The molecule has 0 radical (unpaired) electrons. The van der Waals surface area contributed by atoms with Gasteiger partial charge in [-0.15, -0.1) is 17.9 Å². The fourth-order valence-electron chi connectivity index (χ4n) is 1.67. The predicted octanol–water partition coefficient (Wildman–Crippen LogP) is 2.75. The molecule has 1 atom stereocenters. The molecular formula is C15H15NO3S. The molecule has 1 N–H and O–H groups in total. The molecule has 0 bridgehead atoms. The van der Waals surface area contributed by atoms with E-state index in [0.717, 1.165) is 10.1 Å². The Morgan fingerprint density at radius 1 is 1.45 bits per heavy atom. The van der Waals surface area contributed by atoms with Gasteiger partial charge in [0.05, 0.1) is 0 Å². The lowest BCUT2D eigenvalue weighted by atomic mass is 10.2. The number of carbonyl (C=O) groups excluding carboxylic acids is 2. The highest BCUT2D eigenvalue weighted by atomic mass is 32.1. The summed E-state index contributed by atoms with van der Waals surface area (Å²) < 4.78 is 6.17. The number of amides is 1. The third-order valence-electron chi connectivity index (χ3n) is 2.70. The average Bonchev–Trinajstić information content (AvgIpc) is 2.88. The molecule has 0 aliphatic carbocycles. The molecule has 1 heterocycles. The Kier molecular flexibility index (Phi) is 4.53. The third kappa shape index (κ3) is 3.24. The first-order valence-electron chi connectivity index (χ1n) is 6.20. The first-order chi connectivity index (χ1) is 9.61. The van der Waals surface area contributed by atoms with Crippen LogP contribution < -0.4 is 5.32 Å². The second-order valence-corrected chi connectivity index (χ2v) is 5.31. The Morgan fingerprint density at radius 2 is 2.20 bits per heavy atom. The minimum atomic E-state index is -0.826. The summed E-state index contributed by atoms with van der Waals surface area (Å²) in [5, 5.41) is 3.58. The van der Waals surface area contributed by atoms with Crippen LogP contribution in [0.15, 0.2) is 43.0 Å². The van der Waals surface area contributed by atoms with Gasteiger partial charge in [-0.05, 0) is 24.4 Å². The minimum Gasteiger partial charge on any atom is -0.448 e. The Bertz CT molecular complexity index is 614. The highest BCUT2D eigenvalue weighted by molar-refractivity contribution is 7.20. The zero-order chi connectivity index (χ0) is 14.5. The SMILES string of the molecule is C=CCNC(=O)[C@H](C)OC(=O)c1cc2ccccc2s1. The van der Waals surface area contributed by atoms with Crippen molar-refractivity contribution in [1.82, 2.24) is 5.32 Å². The summed E-state index contributed by atoms with van der Waals surface area (Å²) in [4.78, 5) is 24.1. The van der Waals surface area contributed by atoms with Crippen LogP contribution in [0.25, 0.3) is 10.1 Å². The fraction of sp³-hybridized carbons (Fsp3) is 0.200. The Morgan fingerprint density at radius 3 is 2.90 bits per heavy atom. The van der Waals surface area contributed by atoms with Gasteiger partial charge in [-0.1, -0.05) is 24.3 Å². The number of carbonyl (C=O) groups is 2. The van der Waals surface area contributed by atoms with E-state index >= 15 is 0 Å². The maximum absolute atomic E-state index is 12.0. The molecule has 5 heteroatoms. The summed E-state index contributed by atoms with van der Waals surface area (Å²) in [6.07, 6.45) is 0.742. The largest absolute Gasteiger partial charge is 0.448 e. The smallest absolute Gasteiger partial charge is 0.349 e. The molecule has 2 rings (SSSR count). The number of esters is 1. The van der Waals surface area contributed by atoms with Crippen LogP contribution in [0.4, 0.5) is 0 Å². The highest BCUT2D eigenvalue weighted by Gasteiger charge is 2.19. The molecule has 0 saturated heterocycles. The van der Waals surface area contributed by atoms with Crippen LogP contribution in [0.5, 0.6) is 0 Å². The molecule has 1 aromatic carbocycles. The van der Waals surface area contributed by atoms with Crippen molar-refractivity contribution in [2.24, 2.45) is 0 Å². The molecule has 2 aromatic rings. The van der Waals surface area contributed by atoms with Crippen molar-refractivity contribution < 1.29 is 14.3 Å². The van der Waals surface area contributed by atoms with E-state index in [-0.39, 0.29) is 5.91 Å². The highest BCUT2D eigenvalue weighted by Crippen LogP contribution is 2.25. The maximum atomic E-state index is 12.0. The van der Waals surface area contributed by atoms with Gasteiger partial charge in [0.1, 0.15) is 4.88 Å². The van der Waals surface area contributed by atoms with Crippen LogP contribution in [0, 0.1) is 0 Å². The molecule has 104 valence electrons. The molecule has 0 aliphatic rings. The van der Waals surface area contributed by atoms with Gasteiger partial charge in [0.2, 0.25) is 0 Å². The summed E-state index contributed by atoms with van der Waals surface area (Å²) in [6, 6.07) is 9.48. The molecule has 1 amide bonds. The van der Waals surface area contributed by atoms with E-state index in [1.54, 1.807) is 19.1 Å². The monoisotopic (exact) mass is 289 g/mol. The first kappa shape index (κ1) is 14.3. The summed E-state index contributed by atoms with van der Waals surface area (Å²) in [6.45, 7) is 5.40. The van der Waals surface area contributed by atoms with Crippen molar-refractivity contribution in [3.63, 3.8) is 0 Å². The lowest BCUT2D eigenvalue weighted by Crippen LogP contribution is -2.35. The second-order valence-electron chi connectivity index (χ2n) is 4.23. The van der Waals surface area contributed by atoms with E-state index in [1.807, 2.05) is 24.3 Å². The van der Waals surface area contributed by atoms with Crippen molar-refractivity contribution in [2.75, 3.05) is 6.54 Å². The van der Waals surface area contributed by atoms with Gasteiger partial charge in [0.15, 0.2) is 6.10 Å². The van der Waals surface area contributed by atoms with Crippen LogP contribution in [0.1, 0.15) is 16.6 Å². The summed E-state index contributed by atoms with van der Waals surface area (Å²) in [5.74, 6) is -0.813. The molecule has 0 unspecified atom stereocenters. The molecule has 20 heavy (non-hydrogen) atoms. The topological polar surface area (TPSA) is 55.4 Å². The van der Waals surface area contributed by atoms with E-state index in [4.69, 9.17) is 4.74 Å². The third-order valence-corrected chi connectivity index (χ3v) is 3.80. The van der Waals surface area contributed by atoms with E-state index < -0.39 is 12.1 Å². The quantitative estimate of drug-likeness (QED) is 0.680. The number of hydrogen-bond donors (Lipinski definition) is 1. The van der Waals surface area contributed by atoms with Crippen molar-refractivity contribution in [2.45, 2.75) is 13.0 Å². The van der Waals surface area contributed by atoms with Gasteiger partial charge in [-0.3, -0.25) is 4.79 Å². The van der Waals surface area contributed by atoms with Crippen LogP contribution in [-0.2, 0) is 9.53 Å². The van der Waals surface area contributed by atoms with Crippen molar-refractivity contribution >= 4 is 33.3 Å². The van der Waals surface area contributed by atoms with Crippen molar-refractivity contribution in [1.29, 1.82) is 0 Å². The summed E-state index contributed by atoms with van der Waals surface area (Å²) in [5.41, 5.74) is 0. The number of benzene rings is 1. The van der Waals surface area contributed by atoms with Crippen LogP contribution >= 0.6 is 11.3 Å². The van der Waals surface area contributed by atoms with Gasteiger partial charge in [-0.2, -0.15) is 0 Å². The molecular weight excluding hydrogens is 274 g/mol. The molecule has 4 nitrogen and oxygen atoms in total. The van der Waals surface area contributed by atoms with Gasteiger partial charge in [0, 0.05) is 11.2 Å². The van der Waals surface area contributed by atoms with Crippen LogP contribution in [0.2, 0.25) is 0 Å². The number of nitrogens with one attached hydrogen (secondary N) is 1. The fourth-order valence-corrected chi connectivity index (χ4v) is 2.62.